The molecule has 0 aromatic heterocycles. The van der Waals surface area contributed by atoms with Gasteiger partial charge in [-0.3, -0.25) is 10.1 Å². The Balaban J connectivity index is 1.77. The highest BCUT2D eigenvalue weighted by atomic mass is 19.4. The Bertz CT molecular complexity index is 682. The van der Waals surface area contributed by atoms with Crippen molar-refractivity contribution in [3.05, 3.63) is 47.5 Å². The molecular weight excluding hydrogens is 375 g/mol. The quantitative estimate of drug-likeness (QED) is 0.478. The van der Waals surface area contributed by atoms with Crippen LogP contribution in [0.2, 0.25) is 0 Å². The second-order valence-corrected chi connectivity index (χ2v) is 7.42. The molecule has 4 N–H and O–H groups in total. The molecule has 1 fully saturated rings. The smallest absolute Gasteiger partial charge is 0.393 e. The lowest BCUT2D eigenvalue weighted by Crippen LogP contribution is -2.74. The van der Waals surface area contributed by atoms with Crippen LogP contribution in [0.15, 0.2) is 36.4 Å². The molecule has 8 heteroatoms. The Kier molecular flexibility index (Phi) is 7.25. The minimum Gasteiger partial charge on any atom is -0.480 e. The predicted molar refractivity (Wildman–Crippen MR) is 97.6 cm³/mol. The molecule has 0 aliphatic carbocycles. The molecule has 1 aliphatic rings. The molecule has 1 aromatic rings. The third-order valence-corrected chi connectivity index (χ3v) is 5.07. The Hall–Kier alpha value is -1.90. The number of carboxylic acid groups (broad SMARTS) is 1. The van der Waals surface area contributed by atoms with E-state index in [9.17, 15) is 33.3 Å². The van der Waals surface area contributed by atoms with Gasteiger partial charge in [-0.1, -0.05) is 43.3 Å². The van der Waals surface area contributed by atoms with Crippen molar-refractivity contribution < 1.29 is 33.3 Å². The van der Waals surface area contributed by atoms with Gasteiger partial charge in [-0.15, -0.1) is 0 Å². The maximum absolute atomic E-state index is 12.3. The largest absolute Gasteiger partial charge is 0.480 e. The van der Waals surface area contributed by atoms with E-state index in [2.05, 4.69) is 5.32 Å². The number of allylic oxidation sites excluding steroid dienone is 2. The van der Waals surface area contributed by atoms with Crippen LogP contribution in [0.25, 0.3) is 0 Å². The fraction of sp³-hybridized carbons (Fsp3) is 0.550. The molecule has 0 bridgehead atoms. The van der Waals surface area contributed by atoms with Gasteiger partial charge >= 0.3 is 12.1 Å². The van der Waals surface area contributed by atoms with Gasteiger partial charge in [0.2, 0.25) is 0 Å². The van der Waals surface area contributed by atoms with Gasteiger partial charge in [0, 0.05) is 6.42 Å². The van der Waals surface area contributed by atoms with E-state index in [0.29, 0.717) is 19.3 Å². The van der Waals surface area contributed by atoms with E-state index in [0.717, 1.165) is 5.56 Å². The fourth-order valence-corrected chi connectivity index (χ4v) is 3.41. The Morgan fingerprint density at radius 2 is 1.86 bits per heavy atom. The van der Waals surface area contributed by atoms with Crippen molar-refractivity contribution in [2.24, 2.45) is 5.92 Å². The van der Waals surface area contributed by atoms with Gasteiger partial charge in [0.25, 0.3) is 0 Å². The van der Waals surface area contributed by atoms with E-state index in [4.69, 9.17) is 0 Å². The summed E-state index contributed by atoms with van der Waals surface area (Å²) in [6.07, 6.45) is -1.65. The monoisotopic (exact) mass is 401 g/mol. The minimum atomic E-state index is -4.21. The number of carboxylic acids is 1. The third-order valence-electron chi connectivity index (χ3n) is 5.07. The maximum Gasteiger partial charge on any atom is 0.393 e. The molecule has 1 heterocycles. The van der Waals surface area contributed by atoms with E-state index in [1.54, 1.807) is 19.1 Å². The molecule has 28 heavy (non-hydrogen) atoms. The van der Waals surface area contributed by atoms with Crippen molar-refractivity contribution in [2.75, 3.05) is 0 Å². The van der Waals surface area contributed by atoms with Gasteiger partial charge in [-0.2, -0.15) is 13.2 Å². The Morgan fingerprint density at radius 1 is 1.29 bits per heavy atom. The van der Waals surface area contributed by atoms with E-state index in [1.807, 2.05) is 12.2 Å². The normalized spacial score (nSPS) is 24.7. The summed E-state index contributed by atoms with van der Waals surface area (Å²) >= 11 is 0. The summed E-state index contributed by atoms with van der Waals surface area (Å²) in [5.74, 6) is -1.51. The van der Waals surface area contributed by atoms with Crippen LogP contribution in [0.5, 0.6) is 0 Å². The average Bonchev–Trinajstić information content (AvgIpc) is 2.57. The molecular formula is C20H26F3NO4. The number of aliphatic carboxylic acids is 1. The van der Waals surface area contributed by atoms with E-state index in [-0.39, 0.29) is 17.9 Å². The van der Waals surface area contributed by atoms with Gasteiger partial charge in [0.1, 0.15) is 11.8 Å². The highest BCUT2D eigenvalue weighted by Crippen LogP contribution is 2.32. The number of hydrogen-bond acceptors (Lipinski definition) is 4. The highest BCUT2D eigenvalue weighted by molar-refractivity contribution is 5.81. The lowest BCUT2D eigenvalue weighted by molar-refractivity contribution is -0.172. The van der Waals surface area contributed by atoms with Gasteiger partial charge in [0.15, 0.2) is 0 Å². The summed E-state index contributed by atoms with van der Waals surface area (Å²) < 4.78 is 37.0. The molecule has 1 saturated heterocycles. The van der Waals surface area contributed by atoms with Crippen molar-refractivity contribution in [1.29, 1.82) is 0 Å². The molecule has 0 radical (unpaired) electrons. The van der Waals surface area contributed by atoms with Crippen LogP contribution in [-0.4, -0.2) is 45.3 Å². The van der Waals surface area contributed by atoms with Gasteiger partial charge in [-0.05, 0) is 36.3 Å². The molecule has 1 aliphatic heterocycles. The van der Waals surface area contributed by atoms with E-state index in [1.165, 1.54) is 12.1 Å². The molecule has 156 valence electrons. The number of nitrogens with one attached hydrogen (secondary N) is 1. The minimum absolute atomic E-state index is 0.0398. The lowest BCUT2D eigenvalue weighted by Gasteiger charge is -2.47. The second kappa shape index (κ2) is 9.07. The van der Waals surface area contributed by atoms with Crippen LogP contribution >= 0.6 is 0 Å². The number of alkyl halides is 3. The zero-order valence-electron chi connectivity index (χ0n) is 15.6. The Morgan fingerprint density at radius 3 is 2.36 bits per heavy atom. The number of aliphatic hydroxyl groups excluding tert-OH is 2. The van der Waals surface area contributed by atoms with Crippen molar-refractivity contribution in [3.63, 3.8) is 0 Å². The van der Waals surface area contributed by atoms with Crippen LogP contribution in [0.4, 0.5) is 13.2 Å². The summed E-state index contributed by atoms with van der Waals surface area (Å²) in [5, 5.41) is 31.5. The molecule has 4 atom stereocenters. The number of benzene rings is 1. The van der Waals surface area contributed by atoms with Crippen LogP contribution in [0, 0.1) is 5.92 Å². The first kappa shape index (κ1) is 22.4. The van der Waals surface area contributed by atoms with Crippen LogP contribution < -0.4 is 5.32 Å². The molecule has 5 nitrogen and oxygen atoms in total. The molecule has 4 unspecified atom stereocenters. The maximum atomic E-state index is 12.3. The van der Waals surface area contributed by atoms with Gasteiger partial charge in [-0.25, -0.2) is 0 Å². The predicted octanol–water partition coefficient (Wildman–Crippen LogP) is 2.80. The van der Waals surface area contributed by atoms with Crippen LogP contribution in [0.1, 0.15) is 37.3 Å². The zero-order chi connectivity index (χ0) is 20.9. The second-order valence-electron chi connectivity index (χ2n) is 7.42. The summed E-state index contributed by atoms with van der Waals surface area (Å²) in [6.45, 7) is 1.74. The fourth-order valence-electron chi connectivity index (χ4n) is 3.41. The van der Waals surface area contributed by atoms with Gasteiger partial charge in [0.05, 0.1) is 12.5 Å². The number of carbonyl (C=O) groups is 1. The summed E-state index contributed by atoms with van der Waals surface area (Å²) in [4.78, 5) is 11.4. The standard InChI is InChI=1S/C20H26F3NO4/c1-13(17(26)19(18(27)28)12-16(25)24-19)5-3-2-4-6-14-7-9-15(10-8-14)11-20(21,22)23/h2-3,7-10,13,16-17,24-26H,4-6,11-12H2,1H3,(H,27,28)/b3-2+. The van der Waals surface area contributed by atoms with Gasteiger partial charge < -0.3 is 15.3 Å². The average molecular weight is 401 g/mol. The van der Waals surface area contributed by atoms with Crippen molar-refractivity contribution in [1.82, 2.24) is 5.32 Å². The van der Waals surface area contributed by atoms with E-state index >= 15 is 0 Å². The molecule has 1 aromatic carbocycles. The first-order valence-electron chi connectivity index (χ1n) is 9.20. The summed E-state index contributed by atoms with van der Waals surface area (Å²) in [5.41, 5.74) is -0.344. The number of aryl methyl sites for hydroxylation is 1. The third kappa shape index (κ3) is 5.80. The summed E-state index contributed by atoms with van der Waals surface area (Å²) in [6, 6.07) is 6.34. The number of aliphatic hydroxyl groups is 2. The van der Waals surface area contributed by atoms with Crippen molar-refractivity contribution in [2.45, 2.75) is 63.1 Å². The Labute approximate surface area is 161 Å². The molecule has 0 saturated carbocycles. The van der Waals surface area contributed by atoms with Crippen LogP contribution in [-0.2, 0) is 17.6 Å². The SMILES string of the molecule is CC(C/C=C/CCc1ccc(CC(F)(F)F)cc1)C(O)C1(C(=O)O)CC(O)N1. The van der Waals surface area contributed by atoms with Crippen molar-refractivity contribution >= 4 is 5.97 Å². The number of halogens is 3. The molecule has 0 amide bonds. The molecule has 2 rings (SSSR count). The summed E-state index contributed by atoms with van der Waals surface area (Å²) in [7, 11) is 0. The van der Waals surface area contributed by atoms with E-state index < -0.39 is 36.4 Å². The first-order chi connectivity index (χ1) is 13.0. The molecule has 0 spiro atoms. The number of hydrogen-bond donors (Lipinski definition) is 4. The van der Waals surface area contributed by atoms with Crippen molar-refractivity contribution in [3.8, 4) is 0 Å². The zero-order valence-corrected chi connectivity index (χ0v) is 15.6. The van der Waals surface area contributed by atoms with Crippen LogP contribution in [0.3, 0.4) is 0 Å². The highest BCUT2D eigenvalue weighted by Gasteiger charge is 2.56. The number of rotatable bonds is 9. The lowest BCUT2D eigenvalue weighted by atomic mass is 9.75. The first-order valence-corrected chi connectivity index (χ1v) is 9.20. The topological polar surface area (TPSA) is 89.8 Å².